The third kappa shape index (κ3) is 4.52. The molecule has 0 N–H and O–H groups in total. The summed E-state index contributed by atoms with van der Waals surface area (Å²) in [4.78, 5) is 15.5. The molecule has 0 aliphatic heterocycles. The van der Waals surface area contributed by atoms with Crippen molar-refractivity contribution >= 4 is 43.7 Å². The van der Waals surface area contributed by atoms with Crippen molar-refractivity contribution in [2.45, 2.75) is 0 Å². The Morgan fingerprint density at radius 2 is 0.960 bits per heavy atom. The van der Waals surface area contributed by atoms with Gasteiger partial charge < -0.3 is 4.42 Å². The zero-order valence-corrected chi connectivity index (χ0v) is 26.9. The minimum atomic E-state index is 0.527. The van der Waals surface area contributed by atoms with Gasteiger partial charge >= 0.3 is 0 Å². The van der Waals surface area contributed by atoms with Gasteiger partial charge in [0, 0.05) is 32.7 Å². The Labute approximate surface area is 287 Å². The predicted octanol–water partition coefficient (Wildman–Crippen LogP) is 11.5. The largest absolute Gasteiger partial charge is 0.454 e. The number of rotatable bonds is 5. The van der Waals surface area contributed by atoms with E-state index in [0.29, 0.717) is 17.6 Å². The van der Waals surface area contributed by atoms with Gasteiger partial charge in [0.15, 0.2) is 17.2 Å². The van der Waals surface area contributed by atoms with Gasteiger partial charge in [-0.2, -0.15) is 9.97 Å². The first-order chi connectivity index (χ1) is 24.8. The van der Waals surface area contributed by atoms with Gasteiger partial charge in [-0.25, -0.2) is 4.98 Å². The first kappa shape index (κ1) is 28.2. The number of fused-ring (bicyclic) bond motifs is 7. The quantitative estimate of drug-likeness (QED) is 0.188. The van der Waals surface area contributed by atoms with Crippen molar-refractivity contribution in [2.24, 2.45) is 0 Å². The van der Waals surface area contributed by atoms with Gasteiger partial charge in [-0.05, 0) is 40.5 Å². The summed E-state index contributed by atoms with van der Waals surface area (Å²) in [6, 6.07) is 58.5. The van der Waals surface area contributed by atoms with E-state index in [1.807, 2.05) is 48.5 Å². The molecule has 0 aliphatic carbocycles. The Morgan fingerprint density at radius 3 is 1.68 bits per heavy atom. The molecule has 0 fully saturated rings. The average molecular weight is 641 g/mol. The molecule has 0 saturated carbocycles. The topological polar surface area (TPSA) is 56.7 Å². The molecule has 3 heterocycles. The van der Waals surface area contributed by atoms with Gasteiger partial charge in [-0.15, -0.1) is 0 Å². The van der Waals surface area contributed by atoms with Crippen molar-refractivity contribution in [3.63, 3.8) is 0 Å². The molecule has 7 aromatic carbocycles. The molecule has 0 saturated heterocycles. The molecule has 5 nitrogen and oxygen atoms in total. The second-order valence-electron chi connectivity index (χ2n) is 12.4. The van der Waals surface area contributed by atoms with E-state index in [0.717, 1.165) is 77.1 Å². The number of furan rings is 1. The maximum atomic E-state index is 6.70. The van der Waals surface area contributed by atoms with Crippen molar-refractivity contribution in [3.05, 3.63) is 170 Å². The molecule has 50 heavy (non-hydrogen) atoms. The van der Waals surface area contributed by atoms with E-state index < -0.39 is 0 Å². The number of para-hydroxylation sites is 1. The van der Waals surface area contributed by atoms with E-state index in [1.165, 1.54) is 0 Å². The highest BCUT2D eigenvalue weighted by Gasteiger charge is 2.23. The normalized spacial score (nSPS) is 11.6. The summed E-state index contributed by atoms with van der Waals surface area (Å²) >= 11 is 0. The molecule has 10 aromatic rings. The molecular formula is C45H28N4O. The zero-order chi connectivity index (χ0) is 33.0. The van der Waals surface area contributed by atoms with E-state index in [9.17, 15) is 0 Å². The maximum Gasteiger partial charge on any atom is 0.238 e. The van der Waals surface area contributed by atoms with Crippen LogP contribution in [0.2, 0.25) is 0 Å². The van der Waals surface area contributed by atoms with E-state index in [-0.39, 0.29) is 0 Å². The number of nitrogens with zero attached hydrogens (tertiary/aromatic N) is 4. The third-order valence-corrected chi connectivity index (χ3v) is 9.49. The number of hydrogen-bond acceptors (Lipinski definition) is 4. The predicted molar refractivity (Wildman–Crippen MR) is 203 cm³/mol. The SMILES string of the molecule is c1ccc(-c2ccc(-c3nc(-c4ccccc4)nc(-n4c5cccc(-c6ccccc6)c5c5ccc6c7ccccc7oc6c54)n3)cc2)cc1. The van der Waals surface area contributed by atoms with Gasteiger partial charge in [0.05, 0.1) is 5.52 Å². The van der Waals surface area contributed by atoms with Crippen LogP contribution >= 0.6 is 0 Å². The van der Waals surface area contributed by atoms with Gasteiger partial charge in [-0.3, -0.25) is 4.57 Å². The van der Waals surface area contributed by atoms with E-state index in [4.69, 9.17) is 19.4 Å². The summed E-state index contributed by atoms with van der Waals surface area (Å²) in [5.74, 6) is 1.72. The van der Waals surface area contributed by atoms with Gasteiger partial charge in [0.2, 0.25) is 5.95 Å². The van der Waals surface area contributed by atoms with Crippen molar-refractivity contribution in [3.8, 4) is 51.0 Å². The molecule has 0 atom stereocenters. The van der Waals surface area contributed by atoms with Gasteiger partial charge in [0.1, 0.15) is 11.1 Å². The lowest BCUT2D eigenvalue weighted by molar-refractivity contribution is 0.670. The van der Waals surface area contributed by atoms with Crippen LogP contribution in [-0.2, 0) is 0 Å². The Bertz CT molecular complexity index is 2840. The van der Waals surface area contributed by atoms with E-state index in [2.05, 4.69) is 126 Å². The third-order valence-electron chi connectivity index (χ3n) is 9.49. The zero-order valence-electron chi connectivity index (χ0n) is 26.9. The van der Waals surface area contributed by atoms with Crippen LogP contribution in [-0.4, -0.2) is 19.5 Å². The second kappa shape index (κ2) is 11.4. The van der Waals surface area contributed by atoms with Gasteiger partial charge in [-0.1, -0.05) is 152 Å². The second-order valence-corrected chi connectivity index (χ2v) is 12.4. The molecule has 0 spiro atoms. The summed E-state index contributed by atoms with van der Waals surface area (Å²) in [5, 5.41) is 4.31. The Kier molecular flexibility index (Phi) is 6.42. The standard InChI is InChI=1S/C45H28N4O/c1-4-13-29(14-5-1)30-23-25-33(26-24-30)44-46-43(32-17-8-3-9-18-32)47-45(48-44)49-38-21-12-20-34(31-15-6-2-7-16-31)40(38)37-28-27-36-35-19-10-11-22-39(35)50-42(36)41(37)49/h1-28H. The van der Waals surface area contributed by atoms with Gasteiger partial charge in [0.25, 0.3) is 0 Å². The molecule has 0 unspecified atom stereocenters. The fourth-order valence-corrected chi connectivity index (χ4v) is 7.15. The van der Waals surface area contributed by atoms with Crippen molar-refractivity contribution < 1.29 is 4.42 Å². The summed E-state index contributed by atoms with van der Waals surface area (Å²) in [5.41, 5.74) is 9.95. The highest BCUT2D eigenvalue weighted by molar-refractivity contribution is 6.24. The fourth-order valence-electron chi connectivity index (χ4n) is 7.15. The monoisotopic (exact) mass is 640 g/mol. The van der Waals surface area contributed by atoms with Crippen LogP contribution < -0.4 is 0 Å². The van der Waals surface area contributed by atoms with Crippen LogP contribution in [0.15, 0.2) is 174 Å². The van der Waals surface area contributed by atoms with Crippen LogP contribution in [0, 0.1) is 0 Å². The molecule has 5 heteroatoms. The fraction of sp³-hybridized carbons (Fsp3) is 0. The highest BCUT2D eigenvalue weighted by atomic mass is 16.3. The molecule has 0 aliphatic rings. The maximum absolute atomic E-state index is 6.70. The summed E-state index contributed by atoms with van der Waals surface area (Å²) in [6.07, 6.45) is 0. The summed E-state index contributed by atoms with van der Waals surface area (Å²) in [6.45, 7) is 0. The first-order valence-electron chi connectivity index (χ1n) is 16.7. The molecule has 234 valence electrons. The molecule has 0 amide bonds. The van der Waals surface area contributed by atoms with Crippen LogP contribution in [0.1, 0.15) is 0 Å². The Balaban J connectivity index is 1.29. The van der Waals surface area contributed by atoms with E-state index >= 15 is 0 Å². The molecule has 0 bridgehead atoms. The van der Waals surface area contributed by atoms with Crippen LogP contribution in [0.25, 0.3) is 94.7 Å². The van der Waals surface area contributed by atoms with Crippen molar-refractivity contribution in [1.29, 1.82) is 0 Å². The summed E-state index contributed by atoms with van der Waals surface area (Å²) < 4.78 is 8.86. The molecule has 10 rings (SSSR count). The lowest BCUT2D eigenvalue weighted by Gasteiger charge is -2.11. The smallest absolute Gasteiger partial charge is 0.238 e. The summed E-state index contributed by atoms with van der Waals surface area (Å²) in [7, 11) is 0. The van der Waals surface area contributed by atoms with Crippen LogP contribution in [0.4, 0.5) is 0 Å². The molecule has 0 radical (unpaired) electrons. The minimum absolute atomic E-state index is 0.527. The Hall–Kier alpha value is -6.85. The molecule has 3 aromatic heterocycles. The van der Waals surface area contributed by atoms with Crippen LogP contribution in [0.3, 0.4) is 0 Å². The van der Waals surface area contributed by atoms with Crippen molar-refractivity contribution in [2.75, 3.05) is 0 Å². The first-order valence-corrected chi connectivity index (χ1v) is 16.7. The van der Waals surface area contributed by atoms with Crippen LogP contribution in [0.5, 0.6) is 0 Å². The number of hydrogen-bond donors (Lipinski definition) is 0. The van der Waals surface area contributed by atoms with Crippen molar-refractivity contribution in [1.82, 2.24) is 19.5 Å². The Morgan fingerprint density at radius 1 is 0.400 bits per heavy atom. The minimum Gasteiger partial charge on any atom is -0.454 e. The highest BCUT2D eigenvalue weighted by Crippen LogP contribution is 2.43. The molecular weight excluding hydrogens is 613 g/mol. The number of aromatic nitrogens is 4. The lowest BCUT2D eigenvalue weighted by atomic mass is 9.99. The van der Waals surface area contributed by atoms with E-state index in [1.54, 1.807) is 0 Å². The lowest BCUT2D eigenvalue weighted by Crippen LogP contribution is -2.06. The number of benzene rings is 7. The average Bonchev–Trinajstić information content (AvgIpc) is 3.75.